The van der Waals surface area contributed by atoms with Gasteiger partial charge in [0.05, 0.1) is 12.5 Å². The van der Waals surface area contributed by atoms with Gasteiger partial charge in [-0.25, -0.2) is 0 Å². The molecule has 0 aromatic heterocycles. The molecular weight excluding hydrogens is 412 g/mol. The van der Waals surface area contributed by atoms with Crippen LogP contribution in [-0.2, 0) is 9.59 Å². The normalized spacial score (nSPS) is 19.5. The lowest BCUT2D eigenvalue weighted by Crippen LogP contribution is -2.51. The fraction of sp³-hybridized carbons (Fsp3) is 0.417. The number of aryl methyl sites for hydroxylation is 1. The van der Waals surface area contributed by atoms with Crippen molar-refractivity contribution in [3.8, 4) is 0 Å². The van der Waals surface area contributed by atoms with Gasteiger partial charge >= 0.3 is 0 Å². The van der Waals surface area contributed by atoms with Gasteiger partial charge in [0.15, 0.2) is 0 Å². The number of carbonyl (C=O) groups excluding carboxylic acids is 2. The molecule has 7 heteroatoms. The maximum absolute atomic E-state index is 12.8. The number of likely N-dealkylation sites (tertiary alicyclic amines) is 1. The molecule has 2 aromatic carbocycles. The Kier molecular flexibility index (Phi) is 6.78. The molecule has 1 unspecified atom stereocenters. The van der Waals surface area contributed by atoms with E-state index in [-0.39, 0.29) is 17.7 Å². The Labute approximate surface area is 188 Å². The molecule has 0 radical (unpaired) electrons. The number of carbonyl (C=O) groups is 2. The zero-order valence-electron chi connectivity index (χ0n) is 17.9. The summed E-state index contributed by atoms with van der Waals surface area (Å²) >= 11 is 6.13. The Balaban J connectivity index is 1.23. The molecule has 2 saturated heterocycles. The van der Waals surface area contributed by atoms with Gasteiger partial charge < -0.3 is 15.1 Å². The first-order valence-corrected chi connectivity index (χ1v) is 11.2. The zero-order chi connectivity index (χ0) is 21.8. The minimum atomic E-state index is -0.0713. The summed E-state index contributed by atoms with van der Waals surface area (Å²) in [6.45, 7) is 6.86. The highest BCUT2D eigenvalue weighted by Gasteiger charge is 2.31. The lowest BCUT2D eigenvalue weighted by atomic mass is 10.1. The second-order valence-electron chi connectivity index (χ2n) is 8.38. The molecule has 1 atom stereocenters. The van der Waals surface area contributed by atoms with E-state index < -0.39 is 0 Å². The van der Waals surface area contributed by atoms with Crippen molar-refractivity contribution in [1.29, 1.82) is 0 Å². The Bertz CT molecular complexity index is 928. The fourth-order valence-corrected chi connectivity index (χ4v) is 4.40. The maximum atomic E-state index is 12.8. The summed E-state index contributed by atoms with van der Waals surface area (Å²) in [5.41, 5.74) is 3.04. The van der Waals surface area contributed by atoms with Gasteiger partial charge in [-0.05, 0) is 55.8 Å². The first-order chi connectivity index (χ1) is 15.0. The molecule has 0 aliphatic carbocycles. The van der Waals surface area contributed by atoms with Gasteiger partial charge in [-0.3, -0.25) is 14.5 Å². The van der Waals surface area contributed by atoms with Gasteiger partial charge in [-0.2, -0.15) is 0 Å². The Morgan fingerprint density at radius 1 is 1.03 bits per heavy atom. The van der Waals surface area contributed by atoms with E-state index in [4.69, 9.17) is 11.6 Å². The number of halogens is 1. The molecule has 2 amide bonds. The summed E-state index contributed by atoms with van der Waals surface area (Å²) in [6.07, 6.45) is 0.787. The van der Waals surface area contributed by atoms with Crippen LogP contribution in [0.3, 0.4) is 0 Å². The third-order valence-corrected chi connectivity index (χ3v) is 6.61. The summed E-state index contributed by atoms with van der Waals surface area (Å²) in [7, 11) is 0. The highest BCUT2D eigenvalue weighted by atomic mass is 35.5. The number of anilines is 2. The Morgan fingerprint density at radius 2 is 1.77 bits per heavy atom. The standard InChI is InChI=1S/C24H29ClN4O2/c1-18-15-21(7-8-22(18)25)28-11-13-29(14-12-28)23(30)17-27-10-9-19(16-27)24(31)26-20-5-3-2-4-6-20/h2-8,15,19H,9-14,16-17H2,1H3,(H,26,31). The molecule has 31 heavy (non-hydrogen) atoms. The fourth-order valence-electron chi connectivity index (χ4n) is 4.29. The van der Waals surface area contributed by atoms with Gasteiger partial charge in [-0.15, -0.1) is 0 Å². The van der Waals surface area contributed by atoms with Gasteiger partial charge in [0, 0.05) is 49.1 Å². The monoisotopic (exact) mass is 440 g/mol. The van der Waals surface area contributed by atoms with Crippen LogP contribution in [0.5, 0.6) is 0 Å². The van der Waals surface area contributed by atoms with Gasteiger partial charge in [0.2, 0.25) is 11.8 Å². The Morgan fingerprint density at radius 3 is 2.48 bits per heavy atom. The largest absolute Gasteiger partial charge is 0.368 e. The van der Waals surface area contributed by atoms with Crippen molar-refractivity contribution < 1.29 is 9.59 Å². The minimum Gasteiger partial charge on any atom is -0.368 e. The molecule has 6 nitrogen and oxygen atoms in total. The second-order valence-corrected chi connectivity index (χ2v) is 8.78. The number of amides is 2. The molecule has 4 rings (SSSR count). The first kappa shape index (κ1) is 21.7. The minimum absolute atomic E-state index is 0.0352. The van der Waals surface area contributed by atoms with Crippen molar-refractivity contribution in [2.24, 2.45) is 5.92 Å². The predicted molar refractivity (Wildman–Crippen MR) is 125 cm³/mol. The van der Waals surface area contributed by atoms with E-state index in [0.29, 0.717) is 26.2 Å². The van der Waals surface area contributed by atoms with Crippen LogP contribution in [0.2, 0.25) is 5.02 Å². The molecule has 0 spiro atoms. The molecule has 2 aliphatic heterocycles. The SMILES string of the molecule is Cc1cc(N2CCN(C(=O)CN3CCC(C(=O)Nc4ccccc4)C3)CC2)ccc1Cl. The molecule has 0 saturated carbocycles. The lowest BCUT2D eigenvalue weighted by molar-refractivity contribution is -0.132. The average molecular weight is 441 g/mol. The van der Waals surface area contributed by atoms with E-state index in [9.17, 15) is 9.59 Å². The van der Waals surface area contributed by atoms with Crippen LogP contribution in [-0.4, -0.2) is 67.4 Å². The smallest absolute Gasteiger partial charge is 0.236 e. The quantitative estimate of drug-likeness (QED) is 0.775. The topological polar surface area (TPSA) is 55.9 Å². The number of nitrogens with one attached hydrogen (secondary N) is 1. The van der Waals surface area contributed by atoms with Crippen LogP contribution in [0, 0.1) is 12.8 Å². The molecule has 1 N–H and O–H groups in total. The summed E-state index contributed by atoms with van der Waals surface area (Å²) < 4.78 is 0. The molecule has 2 fully saturated rings. The van der Waals surface area contributed by atoms with Crippen molar-refractivity contribution in [3.05, 3.63) is 59.1 Å². The third kappa shape index (κ3) is 5.38. The number of hydrogen-bond acceptors (Lipinski definition) is 4. The van der Waals surface area contributed by atoms with Gasteiger partial charge in [0.25, 0.3) is 0 Å². The van der Waals surface area contributed by atoms with Crippen molar-refractivity contribution in [1.82, 2.24) is 9.80 Å². The number of piperazine rings is 1. The maximum Gasteiger partial charge on any atom is 0.236 e. The third-order valence-electron chi connectivity index (χ3n) is 6.18. The van der Waals surface area contributed by atoms with E-state index in [1.165, 1.54) is 0 Å². The molecule has 2 heterocycles. The number of nitrogens with zero attached hydrogens (tertiary/aromatic N) is 3. The van der Waals surface area contributed by atoms with Crippen LogP contribution < -0.4 is 10.2 Å². The highest BCUT2D eigenvalue weighted by Crippen LogP contribution is 2.24. The predicted octanol–water partition coefficient (Wildman–Crippen LogP) is 3.26. The van der Waals surface area contributed by atoms with E-state index in [1.807, 2.05) is 54.3 Å². The van der Waals surface area contributed by atoms with E-state index in [0.717, 1.165) is 48.0 Å². The van der Waals surface area contributed by atoms with Crippen molar-refractivity contribution >= 4 is 34.8 Å². The van der Waals surface area contributed by atoms with Crippen molar-refractivity contribution in [3.63, 3.8) is 0 Å². The van der Waals surface area contributed by atoms with Crippen LogP contribution in [0.25, 0.3) is 0 Å². The zero-order valence-corrected chi connectivity index (χ0v) is 18.6. The summed E-state index contributed by atoms with van der Waals surface area (Å²) in [5, 5.41) is 3.75. The van der Waals surface area contributed by atoms with E-state index in [2.05, 4.69) is 21.2 Å². The van der Waals surface area contributed by atoms with E-state index in [1.54, 1.807) is 0 Å². The van der Waals surface area contributed by atoms with E-state index >= 15 is 0 Å². The number of benzene rings is 2. The summed E-state index contributed by atoms with van der Waals surface area (Å²) in [5.74, 6) is 0.113. The number of rotatable bonds is 5. The van der Waals surface area contributed by atoms with Crippen LogP contribution >= 0.6 is 11.6 Å². The first-order valence-electron chi connectivity index (χ1n) is 10.9. The van der Waals surface area contributed by atoms with Crippen molar-refractivity contribution in [2.75, 3.05) is 56.0 Å². The van der Waals surface area contributed by atoms with Gasteiger partial charge in [0.1, 0.15) is 0 Å². The van der Waals surface area contributed by atoms with Gasteiger partial charge in [-0.1, -0.05) is 29.8 Å². The molecule has 2 aliphatic rings. The Hall–Kier alpha value is -2.57. The molecule has 164 valence electrons. The molecule has 2 aromatic rings. The van der Waals surface area contributed by atoms with Crippen molar-refractivity contribution in [2.45, 2.75) is 13.3 Å². The molecular formula is C24H29ClN4O2. The average Bonchev–Trinajstić information content (AvgIpc) is 3.25. The highest BCUT2D eigenvalue weighted by molar-refractivity contribution is 6.31. The number of para-hydroxylation sites is 1. The van der Waals surface area contributed by atoms with Crippen LogP contribution in [0.4, 0.5) is 11.4 Å². The summed E-state index contributed by atoms with van der Waals surface area (Å²) in [6, 6.07) is 15.6. The lowest BCUT2D eigenvalue weighted by Gasteiger charge is -2.37. The summed E-state index contributed by atoms with van der Waals surface area (Å²) in [4.78, 5) is 31.7. The number of hydrogen-bond donors (Lipinski definition) is 1. The second kappa shape index (κ2) is 9.71. The van der Waals surface area contributed by atoms with Crippen LogP contribution in [0.1, 0.15) is 12.0 Å². The van der Waals surface area contributed by atoms with Crippen LogP contribution in [0.15, 0.2) is 48.5 Å². The molecule has 0 bridgehead atoms.